The zero-order chi connectivity index (χ0) is 18.4. The maximum atomic E-state index is 11.9. The van der Waals surface area contributed by atoms with Crippen LogP contribution < -0.4 is 10.2 Å². The van der Waals surface area contributed by atoms with Crippen molar-refractivity contribution in [2.24, 2.45) is 0 Å². The van der Waals surface area contributed by atoms with E-state index in [2.05, 4.69) is 5.32 Å². The number of hydrogen-bond donors (Lipinski definition) is 2. The van der Waals surface area contributed by atoms with E-state index in [-0.39, 0.29) is 10.9 Å². The Morgan fingerprint density at radius 2 is 1.68 bits per heavy atom. The lowest BCUT2D eigenvalue weighted by Gasteiger charge is -2.18. The molecule has 3 rings (SSSR count). The van der Waals surface area contributed by atoms with Crippen molar-refractivity contribution in [1.29, 1.82) is 0 Å². The molecular formula is C18H20N2O4S. The lowest BCUT2D eigenvalue weighted by molar-refractivity contribution is 0.252. The monoisotopic (exact) mass is 360 g/mol. The van der Waals surface area contributed by atoms with Gasteiger partial charge >= 0.3 is 6.03 Å². The third kappa shape index (κ3) is 3.25. The molecule has 0 saturated carbocycles. The summed E-state index contributed by atoms with van der Waals surface area (Å²) in [4.78, 5) is 13.3. The molecule has 7 heteroatoms. The van der Waals surface area contributed by atoms with Crippen LogP contribution in [0.1, 0.15) is 16.7 Å². The van der Waals surface area contributed by atoms with Crippen LogP contribution in [0, 0.1) is 20.8 Å². The first-order valence-corrected chi connectivity index (χ1v) is 9.37. The van der Waals surface area contributed by atoms with Gasteiger partial charge in [0.05, 0.1) is 0 Å². The Hall–Kier alpha value is -2.38. The lowest BCUT2D eigenvalue weighted by Crippen LogP contribution is -2.27. The van der Waals surface area contributed by atoms with Crippen molar-refractivity contribution >= 4 is 21.8 Å². The van der Waals surface area contributed by atoms with Gasteiger partial charge < -0.3 is 5.32 Å². The number of aryl methyl sites for hydroxylation is 3. The van der Waals surface area contributed by atoms with Gasteiger partial charge in [-0.15, -0.1) is 0 Å². The highest BCUT2D eigenvalue weighted by molar-refractivity contribution is 7.86. The molecule has 0 aromatic heterocycles. The standard InChI is InChI=1S/C18H20N2O4S/c1-11-8-13(3)15(9-12(11)2)16-10-14(20-7-6-19-18(20)21)4-5-17(16)25(22,23)24/h4-5,8-10H,6-7H2,1-3H3,(H,19,21)(H,22,23,24). The second kappa shape index (κ2) is 6.16. The van der Waals surface area contributed by atoms with Crippen LogP contribution >= 0.6 is 0 Å². The molecule has 0 atom stereocenters. The Labute approximate surface area is 147 Å². The second-order valence-electron chi connectivity index (χ2n) is 6.29. The number of carbonyl (C=O) groups excluding carboxylic acids is 1. The van der Waals surface area contributed by atoms with E-state index >= 15 is 0 Å². The Morgan fingerprint density at radius 1 is 1.00 bits per heavy atom. The number of amides is 2. The van der Waals surface area contributed by atoms with Gasteiger partial charge in [-0.1, -0.05) is 12.1 Å². The zero-order valence-electron chi connectivity index (χ0n) is 14.3. The summed E-state index contributed by atoms with van der Waals surface area (Å²) in [5, 5.41) is 2.72. The summed E-state index contributed by atoms with van der Waals surface area (Å²) in [6, 6.07) is 8.19. The van der Waals surface area contributed by atoms with Crippen molar-refractivity contribution in [2.45, 2.75) is 25.7 Å². The van der Waals surface area contributed by atoms with Crippen LogP contribution in [0.2, 0.25) is 0 Å². The van der Waals surface area contributed by atoms with E-state index in [1.807, 2.05) is 32.9 Å². The fourth-order valence-electron chi connectivity index (χ4n) is 3.09. The smallest absolute Gasteiger partial charge is 0.321 e. The third-order valence-corrected chi connectivity index (χ3v) is 5.45. The highest BCUT2D eigenvalue weighted by Crippen LogP contribution is 2.35. The average molecular weight is 360 g/mol. The molecule has 0 aliphatic carbocycles. The first-order valence-electron chi connectivity index (χ1n) is 7.93. The van der Waals surface area contributed by atoms with Gasteiger partial charge in [-0.25, -0.2) is 4.79 Å². The molecular weight excluding hydrogens is 340 g/mol. The molecule has 1 aliphatic rings. The minimum absolute atomic E-state index is 0.165. The molecule has 2 N–H and O–H groups in total. The number of nitrogens with zero attached hydrogens (tertiary/aromatic N) is 1. The first kappa shape index (κ1) is 17.4. The van der Waals surface area contributed by atoms with Crippen LogP contribution in [0.4, 0.5) is 10.5 Å². The van der Waals surface area contributed by atoms with E-state index in [4.69, 9.17) is 0 Å². The normalized spacial score (nSPS) is 14.7. The van der Waals surface area contributed by atoms with Gasteiger partial charge in [0.2, 0.25) is 0 Å². The molecule has 1 heterocycles. The molecule has 132 valence electrons. The maximum absolute atomic E-state index is 11.9. The number of anilines is 1. The molecule has 1 saturated heterocycles. The molecule has 0 bridgehead atoms. The fraction of sp³-hybridized carbons (Fsp3) is 0.278. The van der Waals surface area contributed by atoms with Crippen molar-refractivity contribution in [2.75, 3.05) is 18.0 Å². The Balaban J connectivity index is 2.25. The number of urea groups is 1. The van der Waals surface area contributed by atoms with E-state index in [0.717, 1.165) is 22.3 Å². The highest BCUT2D eigenvalue weighted by atomic mass is 32.2. The number of nitrogens with one attached hydrogen (secondary N) is 1. The largest absolute Gasteiger partial charge is 0.336 e. The summed E-state index contributed by atoms with van der Waals surface area (Å²) >= 11 is 0. The van der Waals surface area contributed by atoms with Crippen LogP contribution in [-0.2, 0) is 10.1 Å². The summed E-state index contributed by atoms with van der Waals surface area (Å²) in [5.41, 5.74) is 4.72. The van der Waals surface area contributed by atoms with Crippen molar-refractivity contribution in [3.05, 3.63) is 47.0 Å². The molecule has 2 aromatic rings. The summed E-state index contributed by atoms with van der Waals surface area (Å²) in [6.07, 6.45) is 0. The van der Waals surface area contributed by atoms with Crippen molar-refractivity contribution in [3.63, 3.8) is 0 Å². The molecule has 25 heavy (non-hydrogen) atoms. The topological polar surface area (TPSA) is 86.7 Å². The average Bonchev–Trinajstić information content (AvgIpc) is 2.95. The van der Waals surface area contributed by atoms with E-state index in [9.17, 15) is 17.8 Å². The summed E-state index contributed by atoms with van der Waals surface area (Å²) in [5.74, 6) is 0. The summed E-state index contributed by atoms with van der Waals surface area (Å²) in [7, 11) is -4.39. The van der Waals surface area contributed by atoms with E-state index in [1.54, 1.807) is 11.0 Å². The third-order valence-electron chi connectivity index (χ3n) is 4.54. The lowest BCUT2D eigenvalue weighted by atomic mass is 9.95. The van der Waals surface area contributed by atoms with Gasteiger partial charge in [0.15, 0.2) is 0 Å². The van der Waals surface area contributed by atoms with Crippen LogP contribution in [0.15, 0.2) is 35.2 Å². The van der Waals surface area contributed by atoms with Gasteiger partial charge in [-0.2, -0.15) is 8.42 Å². The summed E-state index contributed by atoms with van der Waals surface area (Å²) < 4.78 is 33.3. The minimum atomic E-state index is -4.39. The Bertz CT molecular complexity index is 967. The maximum Gasteiger partial charge on any atom is 0.321 e. The predicted octanol–water partition coefficient (Wildman–Crippen LogP) is 3.06. The van der Waals surface area contributed by atoms with Crippen LogP contribution in [-0.4, -0.2) is 32.1 Å². The number of carbonyl (C=O) groups is 1. The van der Waals surface area contributed by atoms with Gasteiger partial charge in [0.1, 0.15) is 4.90 Å². The van der Waals surface area contributed by atoms with Crippen LogP contribution in [0.3, 0.4) is 0 Å². The van der Waals surface area contributed by atoms with Crippen molar-refractivity contribution in [1.82, 2.24) is 5.32 Å². The fourth-order valence-corrected chi connectivity index (χ4v) is 3.78. The van der Waals surface area contributed by atoms with E-state index in [1.165, 1.54) is 12.1 Å². The Morgan fingerprint density at radius 3 is 2.28 bits per heavy atom. The van der Waals surface area contributed by atoms with Crippen LogP contribution in [0.5, 0.6) is 0 Å². The van der Waals surface area contributed by atoms with Gasteiger partial charge in [-0.05, 0) is 61.2 Å². The SMILES string of the molecule is Cc1cc(C)c(-c2cc(N3CCNC3=O)ccc2S(=O)(=O)O)cc1C. The number of benzene rings is 2. The quantitative estimate of drug-likeness (QED) is 0.824. The molecule has 0 radical (unpaired) electrons. The van der Waals surface area contributed by atoms with E-state index in [0.29, 0.717) is 24.3 Å². The molecule has 2 amide bonds. The molecule has 0 spiro atoms. The van der Waals surface area contributed by atoms with Gasteiger partial charge in [0.25, 0.3) is 10.1 Å². The minimum Gasteiger partial charge on any atom is -0.336 e. The first-order chi connectivity index (χ1) is 11.7. The molecule has 2 aromatic carbocycles. The number of hydrogen-bond acceptors (Lipinski definition) is 3. The summed E-state index contributed by atoms with van der Waals surface area (Å²) in [6.45, 7) is 6.88. The van der Waals surface area contributed by atoms with E-state index < -0.39 is 10.1 Å². The number of rotatable bonds is 3. The van der Waals surface area contributed by atoms with Gasteiger partial charge in [-0.3, -0.25) is 9.45 Å². The highest BCUT2D eigenvalue weighted by Gasteiger charge is 2.25. The van der Waals surface area contributed by atoms with Crippen molar-refractivity contribution in [3.8, 4) is 11.1 Å². The second-order valence-corrected chi connectivity index (χ2v) is 7.68. The molecule has 0 unspecified atom stereocenters. The Kier molecular flexibility index (Phi) is 4.30. The van der Waals surface area contributed by atoms with Gasteiger partial charge in [0, 0.05) is 24.3 Å². The van der Waals surface area contributed by atoms with Crippen molar-refractivity contribution < 1.29 is 17.8 Å². The predicted molar refractivity (Wildman–Crippen MR) is 96.6 cm³/mol. The molecule has 1 fully saturated rings. The zero-order valence-corrected chi connectivity index (χ0v) is 15.1. The van der Waals surface area contributed by atoms with Crippen LogP contribution in [0.25, 0.3) is 11.1 Å². The molecule has 1 aliphatic heterocycles. The molecule has 6 nitrogen and oxygen atoms in total.